The SMILES string of the molecule is C=CC(=O)N[C@@H]1C[C@H]2CC[C@@H]1N2C(=O)OC(C)(C)C. The molecule has 1 N–H and O–H groups in total. The van der Waals surface area contributed by atoms with Crippen LogP contribution in [0.1, 0.15) is 40.0 Å². The summed E-state index contributed by atoms with van der Waals surface area (Å²) in [5.74, 6) is -0.179. The molecular formula is C14H22N2O3. The minimum atomic E-state index is -0.487. The fraction of sp³-hybridized carbons (Fsp3) is 0.714. The number of ether oxygens (including phenoxy) is 1. The molecule has 2 heterocycles. The molecule has 2 fully saturated rings. The van der Waals surface area contributed by atoms with Crippen LogP contribution in [0.4, 0.5) is 4.79 Å². The molecule has 19 heavy (non-hydrogen) atoms. The highest BCUT2D eigenvalue weighted by molar-refractivity contribution is 5.87. The number of carbonyl (C=O) groups excluding carboxylic acids is 2. The van der Waals surface area contributed by atoms with Crippen molar-refractivity contribution in [1.82, 2.24) is 10.2 Å². The first-order valence-electron chi connectivity index (χ1n) is 6.76. The summed E-state index contributed by atoms with van der Waals surface area (Å²) in [6.45, 7) is 9.03. The zero-order chi connectivity index (χ0) is 14.2. The number of hydrogen-bond acceptors (Lipinski definition) is 3. The lowest BCUT2D eigenvalue weighted by Gasteiger charge is -2.28. The molecule has 0 saturated carbocycles. The van der Waals surface area contributed by atoms with E-state index in [0.29, 0.717) is 0 Å². The Balaban J connectivity index is 2.02. The molecule has 106 valence electrons. The lowest BCUT2D eigenvalue weighted by Crippen LogP contribution is -2.46. The van der Waals surface area contributed by atoms with Gasteiger partial charge in [0.05, 0.1) is 12.1 Å². The molecule has 5 heteroatoms. The average Bonchev–Trinajstić information content (AvgIpc) is 2.83. The third-order valence-electron chi connectivity index (χ3n) is 3.65. The Morgan fingerprint density at radius 1 is 1.37 bits per heavy atom. The summed E-state index contributed by atoms with van der Waals surface area (Å²) in [5.41, 5.74) is -0.487. The standard InChI is InChI=1S/C14H22N2O3/c1-5-12(17)15-10-8-9-6-7-11(10)16(9)13(18)19-14(2,3)4/h5,9-11H,1,6-8H2,2-4H3,(H,15,17)/t9-,10-,11+/m1/s1. The molecular weight excluding hydrogens is 244 g/mol. The minimum absolute atomic E-state index is 0.0248. The van der Waals surface area contributed by atoms with Gasteiger partial charge < -0.3 is 15.0 Å². The molecule has 2 aliphatic heterocycles. The van der Waals surface area contributed by atoms with Crippen molar-refractivity contribution in [2.45, 2.75) is 63.8 Å². The molecule has 0 aromatic carbocycles. The molecule has 0 spiro atoms. The Bertz CT molecular complexity index is 400. The zero-order valence-electron chi connectivity index (χ0n) is 11.8. The lowest BCUT2D eigenvalue weighted by molar-refractivity contribution is -0.117. The molecule has 2 saturated heterocycles. The van der Waals surface area contributed by atoms with Gasteiger partial charge in [0.2, 0.25) is 5.91 Å². The number of amides is 2. The van der Waals surface area contributed by atoms with Crippen molar-refractivity contribution in [3.63, 3.8) is 0 Å². The molecule has 2 rings (SSSR count). The van der Waals surface area contributed by atoms with Gasteiger partial charge in [0.25, 0.3) is 0 Å². The van der Waals surface area contributed by atoms with E-state index in [2.05, 4.69) is 11.9 Å². The van der Waals surface area contributed by atoms with Gasteiger partial charge in [-0.3, -0.25) is 4.79 Å². The number of carbonyl (C=O) groups is 2. The van der Waals surface area contributed by atoms with Crippen molar-refractivity contribution in [3.05, 3.63) is 12.7 Å². The summed E-state index contributed by atoms with van der Waals surface area (Å²) >= 11 is 0. The van der Waals surface area contributed by atoms with Crippen molar-refractivity contribution in [3.8, 4) is 0 Å². The van der Waals surface area contributed by atoms with Crippen LogP contribution in [0.15, 0.2) is 12.7 Å². The largest absolute Gasteiger partial charge is 0.444 e. The number of fused-ring (bicyclic) bond motifs is 2. The van der Waals surface area contributed by atoms with Crippen molar-refractivity contribution in [1.29, 1.82) is 0 Å². The van der Waals surface area contributed by atoms with Crippen LogP contribution in [-0.4, -0.2) is 40.6 Å². The first-order chi connectivity index (χ1) is 8.81. The molecule has 0 aliphatic carbocycles. The quantitative estimate of drug-likeness (QED) is 0.776. The van der Waals surface area contributed by atoms with Crippen molar-refractivity contribution in [2.24, 2.45) is 0 Å². The van der Waals surface area contributed by atoms with E-state index in [9.17, 15) is 9.59 Å². The zero-order valence-corrected chi connectivity index (χ0v) is 11.8. The van der Waals surface area contributed by atoms with Gasteiger partial charge in [0, 0.05) is 6.04 Å². The van der Waals surface area contributed by atoms with E-state index in [1.807, 2.05) is 20.8 Å². The minimum Gasteiger partial charge on any atom is -0.444 e. The Labute approximate surface area is 114 Å². The molecule has 0 aromatic heterocycles. The van der Waals surface area contributed by atoms with Gasteiger partial charge in [0.15, 0.2) is 0 Å². The monoisotopic (exact) mass is 266 g/mol. The summed E-state index contributed by atoms with van der Waals surface area (Å²) in [7, 11) is 0. The Kier molecular flexibility index (Phi) is 3.56. The van der Waals surface area contributed by atoms with E-state index in [1.54, 1.807) is 4.90 Å². The van der Waals surface area contributed by atoms with Crippen LogP contribution >= 0.6 is 0 Å². The fourth-order valence-electron chi connectivity index (χ4n) is 2.98. The molecule has 2 bridgehead atoms. The summed E-state index contributed by atoms with van der Waals surface area (Å²) in [5, 5.41) is 2.90. The smallest absolute Gasteiger partial charge is 0.410 e. The van der Waals surface area contributed by atoms with Crippen LogP contribution in [0, 0.1) is 0 Å². The molecule has 0 aromatic rings. The van der Waals surface area contributed by atoms with E-state index >= 15 is 0 Å². The van der Waals surface area contributed by atoms with Crippen molar-refractivity contribution >= 4 is 12.0 Å². The number of rotatable bonds is 2. The maximum Gasteiger partial charge on any atom is 0.410 e. The summed E-state index contributed by atoms with van der Waals surface area (Å²) in [6, 6.07) is 0.274. The highest BCUT2D eigenvalue weighted by Crippen LogP contribution is 2.38. The lowest BCUT2D eigenvalue weighted by atomic mass is 9.95. The van der Waals surface area contributed by atoms with Gasteiger partial charge in [0.1, 0.15) is 5.60 Å². The van der Waals surface area contributed by atoms with E-state index in [0.717, 1.165) is 19.3 Å². The van der Waals surface area contributed by atoms with Crippen LogP contribution < -0.4 is 5.32 Å². The van der Waals surface area contributed by atoms with Gasteiger partial charge in [-0.05, 0) is 46.1 Å². The molecule has 3 atom stereocenters. The third-order valence-corrected chi connectivity index (χ3v) is 3.65. The second-order valence-electron chi connectivity index (χ2n) is 6.24. The Hall–Kier alpha value is -1.52. The molecule has 2 aliphatic rings. The van der Waals surface area contributed by atoms with Crippen LogP contribution in [0.3, 0.4) is 0 Å². The second-order valence-corrected chi connectivity index (χ2v) is 6.24. The first-order valence-corrected chi connectivity index (χ1v) is 6.76. The molecule has 5 nitrogen and oxygen atoms in total. The van der Waals surface area contributed by atoms with E-state index < -0.39 is 5.60 Å². The van der Waals surface area contributed by atoms with Crippen LogP contribution in [0.2, 0.25) is 0 Å². The van der Waals surface area contributed by atoms with Crippen LogP contribution in [0.5, 0.6) is 0 Å². The fourth-order valence-corrected chi connectivity index (χ4v) is 2.98. The van der Waals surface area contributed by atoms with Crippen molar-refractivity contribution in [2.75, 3.05) is 0 Å². The summed E-state index contributed by atoms with van der Waals surface area (Å²) in [6.07, 6.45) is 3.72. The van der Waals surface area contributed by atoms with Gasteiger partial charge in [-0.25, -0.2) is 4.79 Å². The number of nitrogens with zero attached hydrogens (tertiary/aromatic N) is 1. The maximum atomic E-state index is 12.2. The summed E-state index contributed by atoms with van der Waals surface area (Å²) < 4.78 is 5.44. The normalized spacial score (nSPS) is 29.2. The average molecular weight is 266 g/mol. The van der Waals surface area contributed by atoms with Gasteiger partial charge in [-0.15, -0.1) is 0 Å². The highest BCUT2D eigenvalue weighted by Gasteiger charge is 2.50. The second kappa shape index (κ2) is 4.87. The van der Waals surface area contributed by atoms with Gasteiger partial charge >= 0.3 is 6.09 Å². The van der Waals surface area contributed by atoms with E-state index in [1.165, 1.54) is 6.08 Å². The van der Waals surface area contributed by atoms with Crippen molar-refractivity contribution < 1.29 is 14.3 Å². The highest BCUT2D eigenvalue weighted by atomic mass is 16.6. The molecule has 2 amide bonds. The number of nitrogens with one attached hydrogen (secondary N) is 1. The Morgan fingerprint density at radius 3 is 2.63 bits per heavy atom. The molecule has 0 radical (unpaired) electrons. The molecule has 0 unspecified atom stereocenters. The Morgan fingerprint density at radius 2 is 2.05 bits per heavy atom. The summed E-state index contributed by atoms with van der Waals surface area (Å²) in [4.78, 5) is 25.4. The maximum absolute atomic E-state index is 12.2. The topological polar surface area (TPSA) is 58.6 Å². The van der Waals surface area contributed by atoms with E-state index in [4.69, 9.17) is 4.74 Å². The predicted octanol–water partition coefficient (Wildman–Crippen LogP) is 1.83. The first kappa shape index (κ1) is 13.9. The van der Waals surface area contributed by atoms with Gasteiger partial charge in [-0.2, -0.15) is 0 Å². The van der Waals surface area contributed by atoms with Gasteiger partial charge in [-0.1, -0.05) is 6.58 Å². The van der Waals surface area contributed by atoms with Crippen LogP contribution in [0.25, 0.3) is 0 Å². The third kappa shape index (κ3) is 2.91. The predicted molar refractivity (Wildman–Crippen MR) is 71.6 cm³/mol. The van der Waals surface area contributed by atoms with Crippen LogP contribution in [-0.2, 0) is 9.53 Å². The van der Waals surface area contributed by atoms with E-state index in [-0.39, 0.29) is 30.1 Å². The number of hydrogen-bond donors (Lipinski definition) is 1.